The number of rotatable bonds is 4. The van der Waals surface area contributed by atoms with Crippen LogP contribution >= 0.6 is 0 Å². The Morgan fingerprint density at radius 3 is 2.41 bits per heavy atom. The first-order valence-electron chi connectivity index (χ1n) is 6.48. The molecule has 1 aliphatic rings. The summed E-state index contributed by atoms with van der Waals surface area (Å²) in [4.78, 5) is 2.36. The predicted molar refractivity (Wildman–Crippen MR) is 69.7 cm³/mol. The van der Waals surface area contributed by atoms with E-state index < -0.39 is 6.10 Å². The van der Waals surface area contributed by atoms with Crippen LogP contribution in [0.2, 0.25) is 0 Å². The first-order valence-corrected chi connectivity index (χ1v) is 6.48. The van der Waals surface area contributed by atoms with Gasteiger partial charge in [0.2, 0.25) is 0 Å². The zero-order valence-corrected chi connectivity index (χ0v) is 10.3. The Bertz CT molecular complexity index is 322. The molecule has 0 bridgehead atoms. The van der Waals surface area contributed by atoms with Gasteiger partial charge in [-0.1, -0.05) is 36.8 Å². The molecule has 0 saturated carbocycles. The fraction of sp³-hybridized carbons (Fsp3) is 0.571. The Morgan fingerprint density at radius 1 is 1.12 bits per heavy atom. The van der Waals surface area contributed by atoms with Gasteiger partial charge in [-0.2, -0.15) is 0 Å². The second-order valence-corrected chi connectivity index (χ2v) is 4.88. The van der Waals surface area contributed by atoms with E-state index in [2.05, 4.69) is 4.90 Å². The number of hydrogen-bond donors (Lipinski definition) is 2. The van der Waals surface area contributed by atoms with Gasteiger partial charge in [0.15, 0.2) is 0 Å². The molecule has 1 aromatic carbocycles. The SMILES string of the molecule is N[C@H](CN1CCCCC1)[C@H](O)c1ccccc1. The largest absolute Gasteiger partial charge is 0.387 e. The lowest BCUT2D eigenvalue weighted by Gasteiger charge is -2.30. The number of likely N-dealkylation sites (tertiary alicyclic amines) is 1. The van der Waals surface area contributed by atoms with Gasteiger partial charge in [0, 0.05) is 12.6 Å². The van der Waals surface area contributed by atoms with Crippen molar-refractivity contribution in [3.8, 4) is 0 Å². The van der Waals surface area contributed by atoms with Crippen LogP contribution in [0.3, 0.4) is 0 Å². The topological polar surface area (TPSA) is 49.5 Å². The van der Waals surface area contributed by atoms with Crippen LogP contribution in [-0.2, 0) is 0 Å². The summed E-state index contributed by atoms with van der Waals surface area (Å²) in [5.41, 5.74) is 7.00. The molecular weight excluding hydrogens is 212 g/mol. The molecule has 0 aliphatic carbocycles. The van der Waals surface area contributed by atoms with Crippen LogP contribution in [0.4, 0.5) is 0 Å². The van der Waals surface area contributed by atoms with E-state index in [1.165, 1.54) is 19.3 Å². The first-order chi connectivity index (χ1) is 8.27. The van der Waals surface area contributed by atoms with Crippen molar-refractivity contribution in [1.82, 2.24) is 4.90 Å². The lowest BCUT2D eigenvalue weighted by Crippen LogP contribution is -2.43. The van der Waals surface area contributed by atoms with E-state index in [-0.39, 0.29) is 6.04 Å². The molecule has 2 atom stereocenters. The van der Waals surface area contributed by atoms with Gasteiger partial charge in [0.05, 0.1) is 6.10 Å². The highest BCUT2D eigenvalue weighted by atomic mass is 16.3. The number of hydrogen-bond acceptors (Lipinski definition) is 3. The van der Waals surface area contributed by atoms with E-state index in [0.29, 0.717) is 0 Å². The molecule has 3 N–H and O–H groups in total. The molecule has 1 saturated heterocycles. The molecule has 1 heterocycles. The third-order valence-electron chi connectivity index (χ3n) is 3.46. The highest BCUT2D eigenvalue weighted by Gasteiger charge is 2.20. The van der Waals surface area contributed by atoms with Gasteiger partial charge in [0.25, 0.3) is 0 Å². The van der Waals surface area contributed by atoms with Gasteiger partial charge < -0.3 is 15.7 Å². The highest BCUT2D eigenvalue weighted by Crippen LogP contribution is 2.17. The lowest BCUT2D eigenvalue weighted by molar-refractivity contribution is 0.111. The second-order valence-electron chi connectivity index (χ2n) is 4.88. The van der Waals surface area contributed by atoms with Gasteiger partial charge in [0.1, 0.15) is 0 Å². The van der Waals surface area contributed by atoms with Crippen LogP contribution in [0.15, 0.2) is 30.3 Å². The number of nitrogens with two attached hydrogens (primary N) is 1. The molecule has 0 spiro atoms. The minimum Gasteiger partial charge on any atom is -0.387 e. The van der Waals surface area contributed by atoms with E-state index in [9.17, 15) is 5.11 Å². The van der Waals surface area contributed by atoms with Gasteiger partial charge in [-0.15, -0.1) is 0 Å². The Hall–Kier alpha value is -0.900. The van der Waals surface area contributed by atoms with Crippen molar-refractivity contribution in [2.75, 3.05) is 19.6 Å². The van der Waals surface area contributed by atoms with Gasteiger partial charge in [-0.05, 0) is 31.5 Å². The lowest BCUT2D eigenvalue weighted by atomic mass is 10.0. The maximum absolute atomic E-state index is 10.2. The molecule has 0 unspecified atom stereocenters. The third kappa shape index (κ3) is 3.53. The maximum atomic E-state index is 10.2. The van der Waals surface area contributed by atoms with Crippen molar-refractivity contribution in [2.24, 2.45) is 5.73 Å². The maximum Gasteiger partial charge on any atom is 0.0953 e. The number of aliphatic hydroxyl groups excluding tert-OH is 1. The van der Waals surface area contributed by atoms with Crippen molar-refractivity contribution in [2.45, 2.75) is 31.4 Å². The summed E-state index contributed by atoms with van der Waals surface area (Å²) in [6, 6.07) is 9.49. The van der Waals surface area contributed by atoms with Crippen LogP contribution in [0.5, 0.6) is 0 Å². The summed E-state index contributed by atoms with van der Waals surface area (Å²) in [7, 11) is 0. The molecule has 1 fully saturated rings. The van der Waals surface area contributed by atoms with E-state index in [0.717, 1.165) is 25.2 Å². The minimum absolute atomic E-state index is 0.199. The molecule has 17 heavy (non-hydrogen) atoms. The Kier molecular flexibility index (Phi) is 4.54. The highest BCUT2D eigenvalue weighted by molar-refractivity contribution is 5.18. The van der Waals surface area contributed by atoms with E-state index >= 15 is 0 Å². The number of benzene rings is 1. The van der Waals surface area contributed by atoms with Crippen LogP contribution in [0, 0.1) is 0 Å². The molecule has 3 heteroatoms. The average molecular weight is 234 g/mol. The second kappa shape index (κ2) is 6.15. The molecule has 1 aliphatic heterocycles. The minimum atomic E-state index is -0.557. The molecule has 2 rings (SSSR count). The summed E-state index contributed by atoms with van der Waals surface area (Å²) in [5, 5.41) is 10.2. The smallest absolute Gasteiger partial charge is 0.0953 e. The molecule has 0 radical (unpaired) electrons. The Balaban J connectivity index is 1.88. The van der Waals surface area contributed by atoms with E-state index in [1.54, 1.807) is 0 Å². The zero-order valence-electron chi connectivity index (χ0n) is 10.3. The molecule has 94 valence electrons. The van der Waals surface area contributed by atoms with Crippen molar-refractivity contribution < 1.29 is 5.11 Å². The average Bonchev–Trinajstić information content (AvgIpc) is 2.40. The molecule has 1 aromatic rings. The zero-order chi connectivity index (χ0) is 12.1. The van der Waals surface area contributed by atoms with E-state index in [1.807, 2.05) is 30.3 Å². The number of nitrogens with zero attached hydrogens (tertiary/aromatic N) is 1. The van der Waals surface area contributed by atoms with Crippen LogP contribution in [-0.4, -0.2) is 35.7 Å². The molecule has 0 amide bonds. The molecule has 0 aromatic heterocycles. The van der Waals surface area contributed by atoms with Crippen molar-refractivity contribution in [3.05, 3.63) is 35.9 Å². The van der Waals surface area contributed by atoms with Gasteiger partial charge in [-0.3, -0.25) is 0 Å². The fourth-order valence-corrected chi connectivity index (χ4v) is 2.44. The summed E-state index contributed by atoms with van der Waals surface area (Å²) < 4.78 is 0. The molecule has 3 nitrogen and oxygen atoms in total. The summed E-state index contributed by atoms with van der Waals surface area (Å²) in [6.07, 6.45) is 3.29. The standard InChI is InChI=1S/C14H22N2O/c15-13(11-16-9-5-2-6-10-16)14(17)12-7-3-1-4-8-12/h1,3-4,7-8,13-14,17H,2,5-6,9-11,15H2/t13-,14-/m1/s1. The van der Waals surface area contributed by atoms with Crippen molar-refractivity contribution in [1.29, 1.82) is 0 Å². The van der Waals surface area contributed by atoms with Crippen LogP contribution in [0.1, 0.15) is 30.9 Å². The summed E-state index contributed by atoms with van der Waals surface area (Å²) in [6.45, 7) is 3.03. The normalized spacial score (nSPS) is 21.1. The number of piperidine rings is 1. The Labute approximate surface area is 103 Å². The first kappa shape index (κ1) is 12.6. The Morgan fingerprint density at radius 2 is 1.76 bits per heavy atom. The van der Waals surface area contributed by atoms with E-state index in [4.69, 9.17) is 5.73 Å². The molecular formula is C14H22N2O. The van der Waals surface area contributed by atoms with Gasteiger partial charge in [-0.25, -0.2) is 0 Å². The number of aliphatic hydroxyl groups is 1. The van der Waals surface area contributed by atoms with Crippen LogP contribution < -0.4 is 5.73 Å². The van der Waals surface area contributed by atoms with Crippen molar-refractivity contribution >= 4 is 0 Å². The predicted octanol–water partition coefficient (Wildman–Crippen LogP) is 1.53. The van der Waals surface area contributed by atoms with Gasteiger partial charge >= 0.3 is 0 Å². The van der Waals surface area contributed by atoms with Crippen LogP contribution in [0.25, 0.3) is 0 Å². The summed E-state index contributed by atoms with van der Waals surface area (Å²) in [5.74, 6) is 0. The summed E-state index contributed by atoms with van der Waals surface area (Å²) >= 11 is 0. The van der Waals surface area contributed by atoms with Crippen molar-refractivity contribution in [3.63, 3.8) is 0 Å². The quantitative estimate of drug-likeness (QED) is 0.830. The monoisotopic (exact) mass is 234 g/mol. The fourth-order valence-electron chi connectivity index (χ4n) is 2.44. The third-order valence-corrected chi connectivity index (χ3v) is 3.46.